The van der Waals surface area contributed by atoms with Gasteiger partial charge >= 0.3 is 40.8 Å². The molecule has 0 spiro atoms. The van der Waals surface area contributed by atoms with E-state index < -0.39 is 40.8 Å². The molecular formula is C89H83Cl3N16O15S4. The SMILES string of the molecule is Cc1cccc(C(=O)Nc2cc(NC(=O)c3ccc(N4CCNS4(=O)=O)cc3)ccc2Cl)c1.Cc1cccc2c(NC(=O)c3ccc(N4CCNS4(=O)=O)cc3)cccc12.O=C(Nc1ccc(Cl)c(-c2ncccc2N2CCOCC2)c1)c1ccc(N2CCNS2(=O)=O)cc1.O=C(Nc1ccc(Cl)c(NC(=O)c2ccccc2)c1)c1ccc(N2CCNS2(=O)=O)cc1. The molecule has 11 aromatic carbocycles. The number of ether oxygens (including phenoxy) is 1. The van der Waals surface area contributed by atoms with Crippen molar-refractivity contribution in [1.29, 1.82) is 0 Å². The van der Waals surface area contributed by atoms with E-state index in [1.54, 1.807) is 194 Å². The number of carbonyl (C=O) groups excluding carboxylic acids is 6. The number of carbonyl (C=O) groups is 6. The van der Waals surface area contributed by atoms with Crippen molar-refractivity contribution in [2.75, 3.05) is 133 Å². The van der Waals surface area contributed by atoms with Crippen LogP contribution in [-0.2, 0) is 45.6 Å². The van der Waals surface area contributed by atoms with Gasteiger partial charge in [-0.1, -0.05) is 101 Å². The highest BCUT2D eigenvalue weighted by atomic mass is 35.5. The molecule has 0 atom stereocenters. The second-order valence-corrected chi connectivity index (χ2v) is 37.0. The highest BCUT2D eigenvalue weighted by Crippen LogP contribution is 2.38. The van der Waals surface area contributed by atoms with Gasteiger partial charge in [-0.2, -0.15) is 52.6 Å². The van der Waals surface area contributed by atoms with Gasteiger partial charge < -0.3 is 41.5 Å². The number of morpholine rings is 1. The number of hydrogen-bond acceptors (Lipinski definition) is 17. The van der Waals surface area contributed by atoms with E-state index in [2.05, 4.69) is 60.7 Å². The summed E-state index contributed by atoms with van der Waals surface area (Å²) in [6.45, 7) is 9.55. The van der Waals surface area contributed by atoms with Crippen LogP contribution in [0, 0.1) is 13.8 Å². The monoisotopic (exact) mass is 1850 g/mol. The highest BCUT2D eigenvalue weighted by Gasteiger charge is 2.33. The van der Waals surface area contributed by atoms with Crippen LogP contribution in [-0.4, -0.2) is 153 Å². The molecule has 17 rings (SSSR count). The van der Waals surface area contributed by atoms with E-state index in [0.717, 1.165) is 52.1 Å². The van der Waals surface area contributed by atoms with E-state index in [1.165, 1.54) is 17.2 Å². The number of aryl methyl sites for hydroxylation is 2. The van der Waals surface area contributed by atoms with Crippen LogP contribution in [0.2, 0.25) is 15.1 Å². The fourth-order valence-electron chi connectivity index (χ4n) is 14.1. The minimum absolute atomic E-state index is 0.238. The lowest BCUT2D eigenvalue weighted by Gasteiger charge is -2.30. The Morgan fingerprint density at radius 3 is 1.12 bits per heavy atom. The Labute approximate surface area is 748 Å². The fourth-order valence-corrected chi connectivity index (χ4v) is 19.6. The van der Waals surface area contributed by atoms with Crippen LogP contribution in [0.25, 0.3) is 22.0 Å². The Hall–Kier alpha value is -12.9. The molecule has 38 heteroatoms. The summed E-state index contributed by atoms with van der Waals surface area (Å²) < 4.78 is 116. The van der Waals surface area contributed by atoms with Gasteiger partial charge in [0.2, 0.25) is 0 Å². The van der Waals surface area contributed by atoms with E-state index in [4.69, 9.17) is 39.5 Å². The zero-order valence-electron chi connectivity index (χ0n) is 67.9. The van der Waals surface area contributed by atoms with E-state index in [1.807, 2.05) is 80.6 Å². The van der Waals surface area contributed by atoms with Gasteiger partial charge in [0.15, 0.2) is 0 Å². The number of pyridine rings is 1. The van der Waals surface area contributed by atoms with Crippen molar-refractivity contribution in [2.24, 2.45) is 0 Å². The number of halogens is 3. The van der Waals surface area contributed by atoms with Gasteiger partial charge in [-0.25, -0.2) is 0 Å². The lowest BCUT2D eigenvalue weighted by molar-refractivity contribution is 0.101. The quantitative estimate of drug-likeness (QED) is 0.0381. The number of fused-ring (bicyclic) bond motifs is 1. The summed E-state index contributed by atoms with van der Waals surface area (Å²) in [6, 6.07) is 71.9. The predicted octanol–water partition coefficient (Wildman–Crippen LogP) is 13.5. The molecule has 654 valence electrons. The molecule has 5 saturated heterocycles. The molecule has 6 amide bonds. The first-order valence-electron chi connectivity index (χ1n) is 39.6. The molecule has 127 heavy (non-hydrogen) atoms. The van der Waals surface area contributed by atoms with Gasteiger partial charge in [0.25, 0.3) is 35.4 Å². The number of nitrogens with one attached hydrogen (secondary N) is 10. The van der Waals surface area contributed by atoms with Gasteiger partial charge in [-0.05, 0) is 219 Å². The van der Waals surface area contributed by atoms with Crippen molar-refractivity contribution < 1.29 is 67.2 Å². The molecule has 0 aliphatic carbocycles. The Balaban J connectivity index is 0.000000138. The number of nitrogens with zero attached hydrogens (tertiary/aromatic N) is 6. The molecule has 5 aliphatic heterocycles. The molecule has 0 bridgehead atoms. The molecular weight excluding hydrogens is 1770 g/mol. The van der Waals surface area contributed by atoms with Gasteiger partial charge in [0.05, 0.1) is 73.8 Å². The minimum atomic E-state index is -3.53. The summed E-state index contributed by atoms with van der Waals surface area (Å²) in [5, 5.41) is 20.1. The Morgan fingerprint density at radius 1 is 0.339 bits per heavy atom. The standard InChI is InChI=1S/C24H24ClN5O4S.C23H21ClN4O4S.C22H19ClN4O4S.C20H19N3O3S/c25-21-8-5-18(16-20(21)23-22(2-1-9-26-23)29-12-14-34-15-13-29)28-24(31)17-3-6-19(7-4-17)30-11-10-27-35(30,32)33;1-15-3-2-4-17(13-15)23(30)27-21-14-18(7-10-20(21)24)26-22(29)16-5-8-19(9-6-16)28-12-11-25-33(28,31)32;23-19-11-8-17(14-20(19)26-22(29)15-4-2-1-3-5-15)25-21(28)16-6-9-18(10-7-16)27-13-12-24-32(27,30)31;1-14-4-2-6-18-17(14)5-3-7-19(18)22-20(24)15-8-10-16(11-9-15)23-13-12-21-27(23,25)26/h1-9,16,27H,10-15H2,(H,28,31);2-10,13-14,25H,11-12H2,1H3,(H,26,29)(H,27,30);1-11,14,24H,12-13H2,(H,25,28)(H,26,29);2-11,21H,12-13H2,1H3,(H,22,24). The fraction of sp³-hybridized carbons (Fsp3) is 0.157. The van der Waals surface area contributed by atoms with E-state index >= 15 is 0 Å². The third-order valence-corrected chi connectivity index (χ3v) is 27.7. The topological polar surface area (TPSA) is 398 Å². The molecule has 10 N–H and O–H groups in total. The first-order chi connectivity index (χ1) is 60.9. The summed E-state index contributed by atoms with van der Waals surface area (Å²) in [5.41, 5.74) is 12.0. The first-order valence-corrected chi connectivity index (χ1v) is 46.5. The maximum atomic E-state index is 12.9. The lowest BCUT2D eigenvalue weighted by Crippen LogP contribution is -2.36. The van der Waals surface area contributed by atoms with Crippen LogP contribution in [0.3, 0.4) is 0 Å². The maximum absolute atomic E-state index is 12.9. The van der Waals surface area contributed by atoms with E-state index in [9.17, 15) is 62.4 Å². The van der Waals surface area contributed by atoms with Crippen molar-refractivity contribution in [3.05, 3.63) is 321 Å². The van der Waals surface area contributed by atoms with E-state index in [0.29, 0.717) is 171 Å². The van der Waals surface area contributed by atoms with Crippen LogP contribution in [0.1, 0.15) is 73.3 Å². The maximum Gasteiger partial charge on any atom is 0.301 e. The Bertz CT molecular complexity index is 6660. The molecule has 0 unspecified atom stereocenters. The normalized spacial score (nSPS) is 15.7. The van der Waals surface area contributed by atoms with Crippen molar-refractivity contribution in [3.63, 3.8) is 0 Å². The largest absolute Gasteiger partial charge is 0.378 e. The van der Waals surface area contributed by atoms with Crippen molar-refractivity contribution >= 4 is 184 Å². The van der Waals surface area contributed by atoms with Crippen LogP contribution in [0.4, 0.5) is 62.6 Å². The zero-order chi connectivity index (χ0) is 89.7. The summed E-state index contributed by atoms with van der Waals surface area (Å²) in [6.07, 6.45) is 1.72. The molecule has 0 radical (unpaired) electrons. The molecule has 5 aliphatic rings. The molecule has 1 aromatic heterocycles. The molecule has 0 saturated carbocycles. The van der Waals surface area contributed by atoms with E-state index in [-0.39, 0.29) is 35.4 Å². The van der Waals surface area contributed by atoms with Crippen molar-refractivity contribution in [1.82, 2.24) is 23.9 Å². The number of hydrogen-bond donors (Lipinski definition) is 10. The summed E-state index contributed by atoms with van der Waals surface area (Å²) in [4.78, 5) is 82.6. The second-order valence-electron chi connectivity index (χ2n) is 29.1. The Kier molecular flexibility index (Phi) is 28.3. The van der Waals surface area contributed by atoms with Crippen LogP contribution < -0.4 is 72.9 Å². The van der Waals surface area contributed by atoms with Crippen molar-refractivity contribution in [2.45, 2.75) is 13.8 Å². The second kappa shape index (κ2) is 39.8. The molecule has 12 aromatic rings. The summed E-state index contributed by atoms with van der Waals surface area (Å²) >= 11 is 19.0. The molecule has 5 fully saturated rings. The minimum Gasteiger partial charge on any atom is -0.378 e. The zero-order valence-corrected chi connectivity index (χ0v) is 73.4. The average Bonchev–Trinajstić information content (AvgIpc) is 1.73. The van der Waals surface area contributed by atoms with Crippen LogP contribution in [0.15, 0.2) is 261 Å². The van der Waals surface area contributed by atoms with Crippen LogP contribution in [0.5, 0.6) is 0 Å². The van der Waals surface area contributed by atoms with Gasteiger partial charge in [0.1, 0.15) is 0 Å². The number of benzene rings is 11. The van der Waals surface area contributed by atoms with Crippen molar-refractivity contribution in [3.8, 4) is 11.3 Å². The summed E-state index contributed by atoms with van der Waals surface area (Å²) in [5.74, 6) is -1.97. The van der Waals surface area contributed by atoms with Gasteiger partial charge in [-0.15, -0.1) is 0 Å². The third-order valence-electron chi connectivity index (χ3n) is 20.5. The highest BCUT2D eigenvalue weighted by molar-refractivity contribution is 7.92. The van der Waals surface area contributed by atoms with Gasteiger partial charge in [-0.3, -0.25) is 51.0 Å². The first kappa shape index (κ1) is 90.4. The summed E-state index contributed by atoms with van der Waals surface area (Å²) in [7, 11) is -14.0. The molecule has 31 nitrogen and oxygen atoms in total. The lowest BCUT2D eigenvalue weighted by atomic mass is 10.0. The smallest absolute Gasteiger partial charge is 0.301 e. The number of amides is 6. The number of aromatic nitrogens is 1. The van der Waals surface area contributed by atoms with Gasteiger partial charge in [0, 0.05) is 139 Å². The Morgan fingerprint density at radius 2 is 0.701 bits per heavy atom. The average molecular weight is 1850 g/mol. The third kappa shape index (κ3) is 22.1. The number of rotatable bonds is 18. The predicted molar refractivity (Wildman–Crippen MR) is 497 cm³/mol. The number of anilines is 11. The van der Waals surface area contributed by atoms with Crippen LogP contribution >= 0.6 is 34.8 Å². The molecule has 6 heterocycles.